The zero-order valence-corrected chi connectivity index (χ0v) is 17.6. The van der Waals surface area contributed by atoms with Gasteiger partial charge >= 0.3 is 5.97 Å². The van der Waals surface area contributed by atoms with Gasteiger partial charge < -0.3 is 4.74 Å². The molecule has 0 heterocycles. The Bertz CT molecular complexity index is 745. The van der Waals surface area contributed by atoms with Gasteiger partial charge in [-0.15, -0.1) is 0 Å². The number of carbonyl (C=O) groups excluding carboxylic acids is 2. The third-order valence-corrected chi connectivity index (χ3v) is 8.66. The van der Waals surface area contributed by atoms with Gasteiger partial charge in [0, 0.05) is 13.3 Å². The summed E-state index contributed by atoms with van der Waals surface area (Å²) >= 11 is 0. The molecule has 0 amide bonds. The van der Waals surface area contributed by atoms with E-state index in [1.165, 1.54) is 24.5 Å². The highest BCUT2D eigenvalue weighted by molar-refractivity contribution is 5.96. The third-order valence-electron chi connectivity index (χ3n) is 8.66. The minimum atomic E-state index is -0.157. The number of hydrogen-bond acceptors (Lipinski definition) is 3. The fourth-order valence-electron chi connectivity index (χ4n) is 7.59. The maximum atomic E-state index is 12.4. The highest BCUT2D eigenvalue weighted by atomic mass is 16.5. The van der Waals surface area contributed by atoms with Gasteiger partial charge in [-0.3, -0.25) is 9.59 Å². The van der Waals surface area contributed by atoms with E-state index in [1.54, 1.807) is 6.92 Å². The van der Waals surface area contributed by atoms with E-state index in [-0.39, 0.29) is 28.7 Å². The van der Waals surface area contributed by atoms with Crippen molar-refractivity contribution in [2.24, 2.45) is 28.6 Å². The molecule has 0 N–H and O–H groups in total. The van der Waals surface area contributed by atoms with Crippen LogP contribution >= 0.6 is 0 Å². The van der Waals surface area contributed by atoms with E-state index in [1.807, 2.05) is 0 Å². The molecule has 0 unspecified atom stereocenters. The lowest BCUT2D eigenvalue weighted by Crippen LogP contribution is -2.50. The highest BCUT2D eigenvalue weighted by Gasteiger charge is 2.58. The lowest BCUT2D eigenvalue weighted by Gasteiger charge is -2.57. The number of carbonyl (C=O) groups is 2. The molecule has 0 aromatic carbocycles. The molecular formula is C24H34O3. The molecule has 27 heavy (non-hydrogen) atoms. The van der Waals surface area contributed by atoms with Crippen molar-refractivity contribution < 1.29 is 14.3 Å². The first-order valence-electron chi connectivity index (χ1n) is 10.7. The van der Waals surface area contributed by atoms with Gasteiger partial charge in [0.15, 0.2) is 5.78 Å². The largest absolute Gasteiger partial charge is 0.462 e. The van der Waals surface area contributed by atoms with Gasteiger partial charge in [-0.25, -0.2) is 0 Å². The Kier molecular flexibility index (Phi) is 4.44. The van der Waals surface area contributed by atoms with Crippen LogP contribution in [0, 0.1) is 28.6 Å². The molecule has 6 atom stereocenters. The van der Waals surface area contributed by atoms with Crippen LogP contribution < -0.4 is 0 Å². The molecule has 0 aliphatic heterocycles. The van der Waals surface area contributed by atoms with E-state index in [0.717, 1.165) is 44.1 Å². The summed E-state index contributed by atoms with van der Waals surface area (Å²) in [6.07, 6.45) is 10.1. The predicted octanol–water partition coefficient (Wildman–Crippen LogP) is 5.40. The van der Waals surface area contributed by atoms with Crippen LogP contribution in [-0.4, -0.2) is 17.9 Å². The van der Waals surface area contributed by atoms with E-state index in [2.05, 4.69) is 26.8 Å². The summed E-state index contributed by atoms with van der Waals surface area (Å²) in [6.45, 7) is 10.3. The summed E-state index contributed by atoms with van der Waals surface area (Å²) in [4.78, 5) is 23.8. The summed E-state index contributed by atoms with van der Waals surface area (Å²) in [7, 11) is 0. The van der Waals surface area contributed by atoms with Crippen LogP contribution in [0.4, 0.5) is 0 Å². The Labute approximate surface area is 163 Å². The Hall–Kier alpha value is -1.38. The zero-order valence-electron chi connectivity index (χ0n) is 17.6. The quantitative estimate of drug-likeness (QED) is 0.483. The smallest absolute Gasteiger partial charge is 0.302 e. The van der Waals surface area contributed by atoms with E-state index in [0.29, 0.717) is 17.8 Å². The number of ketones is 1. The fourth-order valence-corrected chi connectivity index (χ4v) is 7.59. The molecule has 4 aliphatic rings. The van der Waals surface area contributed by atoms with Crippen molar-refractivity contribution in [2.75, 3.05) is 0 Å². The summed E-state index contributed by atoms with van der Waals surface area (Å²) in [5.74, 6) is 2.12. The number of rotatable bonds is 2. The number of allylic oxidation sites excluding steroid dienone is 3. The SMILES string of the molecule is CC(=O)O[C@H]1CC[C@@]2(C)C(=CC[C@H]3[C@H]2CC[C@@]2(C)C(C(C)=O)=C(C)C[C@@H]32)C1. The van der Waals surface area contributed by atoms with Crippen molar-refractivity contribution in [3.8, 4) is 0 Å². The first-order chi connectivity index (χ1) is 12.7. The molecule has 0 bridgehead atoms. The van der Waals surface area contributed by atoms with Gasteiger partial charge in [0.05, 0.1) is 0 Å². The highest BCUT2D eigenvalue weighted by Crippen LogP contribution is 2.66. The van der Waals surface area contributed by atoms with Crippen LogP contribution in [-0.2, 0) is 14.3 Å². The predicted molar refractivity (Wildman–Crippen MR) is 106 cm³/mol. The second-order valence-electron chi connectivity index (χ2n) is 10.1. The van der Waals surface area contributed by atoms with Crippen molar-refractivity contribution in [2.45, 2.75) is 85.7 Å². The van der Waals surface area contributed by atoms with Crippen LogP contribution in [0.2, 0.25) is 0 Å². The lowest BCUT2D eigenvalue weighted by atomic mass is 9.47. The summed E-state index contributed by atoms with van der Waals surface area (Å²) in [5, 5.41) is 0. The molecule has 2 saturated carbocycles. The van der Waals surface area contributed by atoms with Gasteiger partial charge in [0.2, 0.25) is 0 Å². The average molecular weight is 371 g/mol. The van der Waals surface area contributed by atoms with Crippen LogP contribution in [0.1, 0.15) is 79.6 Å². The maximum absolute atomic E-state index is 12.4. The molecule has 3 heteroatoms. The summed E-state index contributed by atoms with van der Waals surface area (Å²) < 4.78 is 5.54. The molecule has 0 aromatic rings. The average Bonchev–Trinajstić information content (AvgIpc) is 2.85. The third kappa shape index (κ3) is 2.76. The molecule has 2 fully saturated rings. The van der Waals surface area contributed by atoms with Crippen LogP contribution in [0.25, 0.3) is 0 Å². The molecule has 0 saturated heterocycles. The Morgan fingerprint density at radius 2 is 1.74 bits per heavy atom. The van der Waals surface area contributed by atoms with Gasteiger partial charge in [-0.2, -0.15) is 0 Å². The Morgan fingerprint density at radius 3 is 2.41 bits per heavy atom. The van der Waals surface area contributed by atoms with Crippen molar-refractivity contribution in [1.29, 1.82) is 0 Å². The minimum Gasteiger partial charge on any atom is -0.462 e. The van der Waals surface area contributed by atoms with Gasteiger partial charge in [-0.1, -0.05) is 31.1 Å². The second-order valence-corrected chi connectivity index (χ2v) is 10.1. The number of Topliss-reactive ketones (excluding diaryl/α,β-unsaturated/α-hetero) is 1. The minimum absolute atomic E-state index is 0.0620. The first-order valence-corrected chi connectivity index (χ1v) is 10.7. The Balaban J connectivity index is 1.62. The Morgan fingerprint density at radius 1 is 1.04 bits per heavy atom. The fraction of sp³-hybridized carbons (Fsp3) is 0.750. The normalized spacial score (nSPS) is 43.4. The zero-order chi connectivity index (χ0) is 19.6. The molecule has 148 valence electrons. The van der Waals surface area contributed by atoms with Crippen LogP contribution in [0.5, 0.6) is 0 Å². The molecule has 0 aromatic heterocycles. The molecule has 4 rings (SSSR count). The summed E-state index contributed by atoms with van der Waals surface area (Å²) in [6, 6.07) is 0. The number of ether oxygens (including phenoxy) is 1. The molecule has 0 spiro atoms. The topological polar surface area (TPSA) is 43.4 Å². The lowest BCUT2D eigenvalue weighted by molar-refractivity contribution is -0.148. The number of esters is 1. The molecule has 3 nitrogen and oxygen atoms in total. The van der Waals surface area contributed by atoms with Crippen molar-refractivity contribution >= 4 is 11.8 Å². The summed E-state index contributed by atoms with van der Waals surface area (Å²) in [5.41, 5.74) is 4.33. The molecule has 4 aliphatic carbocycles. The van der Waals surface area contributed by atoms with Crippen molar-refractivity contribution in [1.82, 2.24) is 0 Å². The van der Waals surface area contributed by atoms with E-state index < -0.39 is 0 Å². The van der Waals surface area contributed by atoms with Crippen LogP contribution in [0.15, 0.2) is 22.8 Å². The monoisotopic (exact) mass is 370 g/mol. The first kappa shape index (κ1) is 19.0. The molecular weight excluding hydrogens is 336 g/mol. The van der Waals surface area contributed by atoms with Gasteiger partial charge in [0.25, 0.3) is 0 Å². The number of fused-ring (bicyclic) bond motifs is 5. The second kappa shape index (κ2) is 6.32. The van der Waals surface area contributed by atoms with Gasteiger partial charge in [0.1, 0.15) is 6.10 Å². The van der Waals surface area contributed by atoms with Crippen molar-refractivity contribution in [3.63, 3.8) is 0 Å². The number of hydrogen-bond donors (Lipinski definition) is 0. The molecule has 0 radical (unpaired) electrons. The van der Waals surface area contributed by atoms with Crippen LogP contribution in [0.3, 0.4) is 0 Å². The van der Waals surface area contributed by atoms with E-state index in [4.69, 9.17) is 4.74 Å². The van der Waals surface area contributed by atoms with Gasteiger partial charge in [-0.05, 0) is 86.5 Å². The van der Waals surface area contributed by atoms with Crippen molar-refractivity contribution in [3.05, 3.63) is 22.8 Å². The standard InChI is InChI=1S/C24H34O3/c1-14-12-21-19-7-6-17-13-18(27-16(3)26)8-10-23(17,4)20(19)9-11-24(21,5)22(14)15(2)25/h6,18-21H,7-13H2,1-5H3/t18-,19-,20+,21-,23-,24+/m0/s1. The van der Waals surface area contributed by atoms with E-state index >= 15 is 0 Å². The maximum Gasteiger partial charge on any atom is 0.302 e. The van der Waals surface area contributed by atoms with E-state index in [9.17, 15) is 9.59 Å².